The Morgan fingerprint density at radius 3 is 2.00 bits per heavy atom. The van der Waals surface area contributed by atoms with Gasteiger partial charge in [0, 0.05) is 22.4 Å². The Balaban J connectivity index is 1.79. The number of para-hydroxylation sites is 2. The lowest BCUT2D eigenvalue weighted by molar-refractivity contribution is 0.482. The zero-order valence-corrected chi connectivity index (χ0v) is 19.2. The van der Waals surface area contributed by atoms with Crippen molar-refractivity contribution < 1.29 is 13.0 Å². The maximum Gasteiger partial charge on any atom is 0.264 e. The first kappa shape index (κ1) is 21.7. The number of thioether (sulfide) groups is 1. The van der Waals surface area contributed by atoms with Crippen LogP contribution in [0.2, 0.25) is 0 Å². The fourth-order valence-corrected chi connectivity index (χ4v) is 5.58. The van der Waals surface area contributed by atoms with Crippen LogP contribution in [0.1, 0.15) is 30.0 Å². The van der Waals surface area contributed by atoms with Gasteiger partial charge >= 0.3 is 0 Å². The maximum absolute atomic E-state index is 11.0. The molecule has 0 radical (unpaired) electrons. The van der Waals surface area contributed by atoms with E-state index < -0.39 is 10.1 Å². The minimum atomic E-state index is -3.92. The van der Waals surface area contributed by atoms with Crippen molar-refractivity contribution in [3.05, 3.63) is 94.4 Å². The topological polar surface area (TPSA) is 57.6 Å². The number of aryl methyl sites for hydroxylation is 1. The summed E-state index contributed by atoms with van der Waals surface area (Å²) in [6.07, 6.45) is 0.410. The summed E-state index contributed by atoms with van der Waals surface area (Å²) >= 11 is 1.64. The van der Waals surface area contributed by atoms with Gasteiger partial charge in [0.15, 0.2) is 0 Å². The number of rotatable bonds is 6. The van der Waals surface area contributed by atoms with Crippen molar-refractivity contribution in [2.75, 3.05) is 16.4 Å². The molecule has 3 aromatic carbocycles. The van der Waals surface area contributed by atoms with Crippen LogP contribution in [-0.2, 0) is 10.1 Å². The summed E-state index contributed by atoms with van der Waals surface area (Å²) in [5.41, 5.74) is 8.06. The average molecular weight is 452 g/mol. The molecule has 1 heterocycles. The lowest BCUT2D eigenvalue weighted by Crippen LogP contribution is -2.18. The fourth-order valence-electron chi connectivity index (χ4n) is 3.92. The average Bonchev–Trinajstić information content (AvgIpc) is 2.75. The summed E-state index contributed by atoms with van der Waals surface area (Å²) in [6.45, 7) is 4.17. The van der Waals surface area contributed by atoms with Crippen LogP contribution in [-0.4, -0.2) is 24.5 Å². The lowest BCUT2D eigenvalue weighted by Gasteiger charge is -2.35. The molecule has 0 atom stereocenters. The van der Waals surface area contributed by atoms with E-state index in [2.05, 4.69) is 91.5 Å². The van der Waals surface area contributed by atoms with Crippen LogP contribution in [0, 0.1) is 6.92 Å². The largest absolute Gasteiger partial charge is 0.309 e. The van der Waals surface area contributed by atoms with E-state index >= 15 is 0 Å². The second-order valence-electron chi connectivity index (χ2n) is 7.62. The van der Waals surface area contributed by atoms with Crippen molar-refractivity contribution in [1.29, 1.82) is 0 Å². The van der Waals surface area contributed by atoms with Gasteiger partial charge in [-0.25, -0.2) is 0 Å². The van der Waals surface area contributed by atoms with Crippen LogP contribution in [0.25, 0.3) is 5.57 Å². The monoisotopic (exact) mass is 451 g/mol. The molecule has 0 saturated heterocycles. The molecule has 160 valence electrons. The van der Waals surface area contributed by atoms with Crippen molar-refractivity contribution in [3.8, 4) is 0 Å². The van der Waals surface area contributed by atoms with Crippen molar-refractivity contribution >= 4 is 44.5 Å². The summed E-state index contributed by atoms with van der Waals surface area (Å²) in [5.74, 6) is 0.415. The normalized spacial score (nSPS) is 13.0. The maximum atomic E-state index is 11.0. The molecule has 0 unspecified atom stereocenters. The van der Waals surface area contributed by atoms with E-state index in [4.69, 9.17) is 4.55 Å². The van der Waals surface area contributed by atoms with Crippen molar-refractivity contribution in [3.63, 3.8) is 0 Å². The molecule has 0 spiro atoms. The van der Waals surface area contributed by atoms with Gasteiger partial charge in [-0.3, -0.25) is 4.55 Å². The summed E-state index contributed by atoms with van der Waals surface area (Å²) < 4.78 is 31.0. The summed E-state index contributed by atoms with van der Waals surface area (Å²) in [7, 11) is -3.92. The number of hydrogen-bond donors (Lipinski definition) is 1. The minimum absolute atomic E-state index is 0.211. The van der Waals surface area contributed by atoms with Crippen LogP contribution in [0.15, 0.2) is 77.7 Å². The molecule has 0 bridgehead atoms. The van der Waals surface area contributed by atoms with Crippen molar-refractivity contribution in [2.24, 2.45) is 0 Å². The van der Waals surface area contributed by atoms with Gasteiger partial charge in [0.25, 0.3) is 10.1 Å². The highest BCUT2D eigenvalue weighted by atomic mass is 32.2. The number of hydrogen-bond acceptors (Lipinski definition) is 4. The highest BCUT2D eigenvalue weighted by Gasteiger charge is 2.28. The first-order valence-corrected chi connectivity index (χ1v) is 12.8. The van der Waals surface area contributed by atoms with E-state index in [1.807, 2.05) is 0 Å². The molecule has 1 N–H and O–H groups in total. The van der Waals surface area contributed by atoms with Gasteiger partial charge in [0.05, 0.1) is 17.1 Å². The standard InChI is InChI=1S/C25H25NO3S2/c1-18-12-14-20(15-13-18)26-23-10-5-3-8-21(23)25(22-9-4-6-11-24(22)26)19(2)30-16-7-17-31(27,28)29/h3-6,8-15H,7,16-17H2,1-2H3,(H,27,28,29). The minimum Gasteiger partial charge on any atom is -0.309 e. The molecule has 0 aromatic heterocycles. The predicted molar refractivity (Wildman–Crippen MR) is 131 cm³/mol. The number of anilines is 3. The van der Waals surface area contributed by atoms with Crippen LogP contribution >= 0.6 is 11.8 Å². The van der Waals surface area contributed by atoms with Gasteiger partial charge in [-0.2, -0.15) is 8.42 Å². The highest BCUT2D eigenvalue weighted by molar-refractivity contribution is 8.03. The third-order valence-corrected chi connectivity index (χ3v) is 7.27. The van der Waals surface area contributed by atoms with Gasteiger partial charge in [-0.15, -0.1) is 11.8 Å². The molecule has 3 aromatic rings. The van der Waals surface area contributed by atoms with Gasteiger partial charge < -0.3 is 4.90 Å². The molecule has 0 saturated carbocycles. The summed E-state index contributed by atoms with van der Waals surface area (Å²) in [5, 5.41) is 0. The zero-order chi connectivity index (χ0) is 22.0. The van der Waals surface area contributed by atoms with Crippen molar-refractivity contribution in [1.82, 2.24) is 0 Å². The first-order chi connectivity index (χ1) is 14.8. The quantitative estimate of drug-likeness (QED) is 0.265. The van der Waals surface area contributed by atoms with Crippen LogP contribution in [0.5, 0.6) is 0 Å². The van der Waals surface area contributed by atoms with Crippen LogP contribution in [0.3, 0.4) is 0 Å². The van der Waals surface area contributed by atoms with E-state index in [9.17, 15) is 8.42 Å². The molecule has 1 aliphatic heterocycles. The smallest absolute Gasteiger partial charge is 0.264 e. The molecule has 31 heavy (non-hydrogen) atoms. The Bertz CT molecular complexity index is 1180. The molecule has 0 fully saturated rings. The Morgan fingerprint density at radius 2 is 1.45 bits per heavy atom. The molecule has 1 aliphatic rings. The fraction of sp³-hybridized carbons (Fsp3) is 0.200. The SMILES string of the molecule is CC(SCCCS(=O)(=O)O)=C1c2ccccc2N(c2ccc(C)cc2)c2ccccc21. The first-order valence-electron chi connectivity index (χ1n) is 10.2. The highest BCUT2D eigenvalue weighted by Crippen LogP contribution is 2.50. The van der Waals surface area contributed by atoms with E-state index in [1.165, 1.54) is 11.1 Å². The van der Waals surface area contributed by atoms with Gasteiger partial charge in [-0.05, 0) is 55.2 Å². The molecule has 6 heteroatoms. The van der Waals surface area contributed by atoms with Gasteiger partial charge in [0.1, 0.15) is 0 Å². The van der Waals surface area contributed by atoms with E-state index in [1.54, 1.807) is 11.8 Å². The number of fused-ring (bicyclic) bond motifs is 2. The summed E-state index contributed by atoms with van der Waals surface area (Å²) in [6, 6.07) is 25.3. The molecule has 4 rings (SSSR count). The second kappa shape index (κ2) is 8.91. The molecule has 0 aliphatic carbocycles. The second-order valence-corrected chi connectivity index (χ2v) is 10.5. The zero-order valence-electron chi connectivity index (χ0n) is 17.6. The van der Waals surface area contributed by atoms with Crippen LogP contribution < -0.4 is 4.90 Å². The summed E-state index contributed by atoms with van der Waals surface area (Å²) in [4.78, 5) is 3.43. The molecule has 0 amide bonds. The Hall–Kier alpha value is -2.54. The Kier molecular flexibility index (Phi) is 6.23. The molecule has 4 nitrogen and oxygen atoms in total. The number of benzene rings is 3. The van der Waals surface area contributed by atoms with Crippen LogP contribution in [0.4, 0.5) is 17.1 Å². The predicted octanol–water partition coefficient (Wildman–Crippen LogP) is 6.57. The van der Waals surface area contributed by atoms with Gasteiger partial charge in [-0.1, -0.05) is 54.1 Å². The van der Waals surface area contributed by atoms with Gasteiger partial charge in [0.2, 0.25) is 0 Å². The van der Waals surface area contributed by atoms with E-state index in [0.717, 1.165) is 33.1 Å². The lowest BCUT2D eigenvalue weighted by atomic mass is 9.89. The Morgan fingerprint density at radius 1 is 0.903 bits per heavy atom. The third kappa shape index (κ3) is 4.71. The number of nitrogens with zero attached hydrogens (tertiary/aromatic N) is 1. The van der Waals surface area contributed by atoms with Crippen molar-refractivity contribution in [2.45, 2.75) is 20.3 Å². The molecular formula is C25H25NO3S2. The third-order valence-electron chi connectivity index (χ3n) is 5.34. The number of allylic oxidation sites excluding steroid dienone is 1. The Labute approximate surface area is 188 Å². The van der Waals surface area contributed by atoms with E-state index in [0.29, 0.717) is 12.2 Å². The van der Waals surface area contributed by atoms with E-state index in [-0.39, 0.29) is 5.75 Å². The molecular weight excluding hydrogens is 426 g/mol.